The van der Waals surface area contributed by atoms with Gasteiger partial charge in [0, 0.05) is 86.7 Å². The molecule has 0 saturated carbocycles. The standard InChI is InChI=1S/C32H39BrFN8OP/c1-40-27-11-14-42(16-15-41-12-9-21(34)10-13-41)28-18-29(43-2)26(17-22(28)23(27)19-36-40)38-32-35-20-24(33)31(39-32)37-25-7-5-6-8-30(25)44(3)4/h5-8,17-21H,9-16H2,1-4H3,(H2,35,37,38,39). The highest BCUT2D eigenvalue weighted by molar-refractivity contribution is 9.10. The number of alkyl halides is 1. The molecule has 1 fully saturated rings. The van der Waals surface area contributed by atoms with Crippen LogP contribution in [-0.2, 0) is 13.5 Å². The number of anilines is 5. The van der Waals surface area contributed by atoms with Crippen LogP contribution in [-0.4, -0.2) is 84.0 Å². The molecule has 4 aromatic rings. The molecule has 12 heteroatoms. The Morgan fingerprint density at radius 2 is 1.82 bits per heavy atom. The minimum atomic E-state index is -0.666. The molecule has 9 nitrogen and oxygen atoms in total. The van der Waals surface area contributed by atoms with Crippen LogP contribution < -0.4 is 25.6 Å². The van der Waals surface area contributed by atoms with Gasteiger partial charge in [0.2, 0.25) is 5.95 Å². The lowest BCUT2D eigenvalue weighted by molar-refractivity contribution is 0.153. The van der Waals surface area contributed by atoms with E-state index >= 15 is 0 Å². The summed E-state index contributed by atoms with van der Waals surface area (Å²) in [7, 11) is 3.39. The van der Waals surface area contributed by atoms with Crippen LogP contribution >= 0.6 is 23.9 Å². The van der Waals surface area contributed by atoms with Crippen LogP contribution in [0.2, 0.25) is 0 Å². The Labute approximate surface area is 268 Å². The van der Waals surface area contributed by atoms with Crippen LogP contribution in [0.3, 0.4) is 0 Å². The number of aromatic nitrogens is 4. The number of methoxy groups -OCH3 is 1. The van der Waals surface area contributed by atoms with Crippen LogP contribution in [0, 0.1) is 0 Å². The summed E-state index contributed by atoms with van der Waals surface area (Å²) in [5, 5.41) is 12.8. The van der Waals surface area contributed by atoms with Crippen LogP contribution in [0.4, 0.5) is 33.2 Å². The van der Waals surface area contributed by atoms with Crippen LogP contribution in [0.5, 0.6) is 5.75 Å². The molecular weight excluding hydrogens is 642 g/mol. The van der Waals surface area contributed by atoms with E-state index in [0.29, 0.717) is 30.4 Å². The maximum atomic E-state index is 13.7. The van der Waals surface area contributed by atoms with Crippen molar-refractivity contribution in [1.29, 1.82) is 0 Å². The molecule has 1 saturated heterocycles. The van der Waals surface area contributed by atoms with Gasteiger partial charge in [0.1, 0.15) is 17.7 Å². The molecule has 232 valence electrons. The average Bonchev–Trinajstić information content (AvgIpc) is 3.31. The van der Waals surface area contributed by atoms with Gasteiger partial charge in [-0.25, -0.2) is 9.37 Å². The van der Waals surface area contributed by atoms with E-state index < -0.39 is 6.17 Å². The Morgan fingerprint density at radius 1 is 1.02 bits per heavy atom. The predicted molar refractivity (Wildman–Crippen MR) is 183 cm³/mol. The van der Waals surface area contributed by atoms with E-state index in [-0.39, 0.29) is 7.92 Å². The number of hydrogen-bond donors (Lipinski definition) is 2. The van der Waals surface area contributed by atoms with Crippen LogP contribution in [0.25, 0.3) is 11.1 Å². The van der Waals surface area contributed by atoms with E-state index in [1.807, 2.05) is 24.0 Å². The Balaban J connectivity index is 1.31. The maximum Gasteiger partial charge on any atom is 0.229 e. The fourth-order valence-corrected chi connectivity index (χ4v) is 7.30. The fourth-order valence-electron chi connectivity index (χ4n) is 6.01. The normalized spacial score (nSPS) is 15.6. The van der Waals surface area contributed by atoms with E-state index in [2.05, 4.69) is 90.1 Å². The first kappa shape index (κ1) is 30.7. The molecule has 2 aliphatic rings. The Hall–Kier alpha value is -3.27. The first-order valence-corrected chi connectivity index (χ1v) is 18.0. The number of benzene rings is 2. The van der Waals surface area contributed by atoms with E-state index in [0.717, 1.165) is 71.8 Å². The van der Waals surface area contributed by atoms with Gasteiger partial charge < -0.3 is 25.2 Å². The maximum absolute atomic E-state index is 13.7. The Morgan fingerprint density at radius 3 is 2.59 bits per heavy atom. The third kappa shape index (κ3) is 6.55. The van der Waals surface area contributed by atoms with Gasteiger partial charge in [0.15, 0.2) is 0 Å². The van der Waals surface area contributed by atoms with E-state index in [1.165, 1.54) is 11.0 Å². The van der Waals surface area contributed by atoms with Crippen molar-refractivity contribution < 1.29 is 9.13 Å². The molecule has 6 rings (SSSR count). The first-order chi connectivity index (χ1) is 21.3. The number of piperidine rings is 1. The van der Waals surface area contributed by atoms with Gasteiger partial charge in [0.25, 0.3) is 0 Å². The van der Waals surface area contributed by atoms with Crippen molar-refractivity contribution in [2.45, 2.75) is 25.4 Å². The number of halogens is 2. The summed E-state index contributed by atoms with van der Waals surface area (Å²) in [5.41, 5.74) is 6.30. The van der Waals surface area contributed by atoms with Crippen molar-refractivity contribution >= 4 is 58.0 Å². The van der Waals surface area contributed by atoms with E-state index in [4.69, 9.17) is 9.72 Å². The molecule has 44 heavy (non-hydrogen) atoms. The Bertz CT molecular complexity index is 1620. The number of fused-ring (bicyclic) bond motifs is 3. The van der Waals surface area contributed by atoms with Gasteiger partial charge in [-0.1, -0.05) is 26.1 Å². The van der Waals surface area contributed by atoms with Crippen molar-refractivity contribution in [2.75, 3.05) is 68.7 Å². The Kier molecular flexibility index (Phi) is 9.35. The zero-order valence-corrected chi connectivity index (χ0v) is 28.1. The smallest absolute Gasteiger partial charge is 0.229 e. The minimum Gasteiger partial charge on any atom is -0.494 e. The van der Waals surface area contributed by atoms with Gasteiger partial charge in [-0.3, -0.25) is 4.68 Å². The number of para-hydroxylation sites is 1. The van der Waals surface area contributed by atoms with Crippen molar-refractivity contribution in [3.05, 3.63) is 59.0 Å². The summed E-state index contributed by atoms with van der Waals surface area (Å²) >= 11 is 3.62. The minimum absolute atomic E-state index is 0.297. The highest BCUT2D eigenvalue weighted by atomic mass is 79.9. The molecule has 2 aliphatic heterocycles. The second-order valence-electron chi connectivity index (χ2n) is 11.5. The topological polar surface area (TPSA) is 83.4 Å². The van der Waals surface area contributed by atoms with E-state index in [1.54, 1.807) is 13.3 Å². The monoisotopic (exact) mass is 680 g/mol. The molecule has 4 heterocycles. The lowest BCUT2D eigenvalue weighted by Crippen LogP contribution is -2.40. The van der Waals surface area contributed by atoms with Crippen molar-refractivity contribution in [2.24, 2.45) is 7.05 Å². The number of ether oxygens (including phenoxy) is 1. The number of rotatable bonds is 9. The number of nitrogens with zero attached hydrogens (tertiary/aromatic N) is 6. The van der Waals surface area contributed by atoms with Crippen LogP contribution in [0.15, 0.2) is 53.3 Å². The third-order valence-electron chi connectivity index (χ3n) is 8.46. The van der Waals surface area contributed by atoms with Crippen molar-refractivity contribution in [1.82, 2.24) is 24.6 Å². The lowest BCUT2D eigenvalue weighted by Gasteiger charge is -2.32. The molecule has 2 aromatic carbocycles. The number of aryl methyl sites for hydroxylation is 1. The predicted octanol–water partition coefficient (Wildman–Crippen LogP) is 6.30. The zero-order valence-electron chi connectivity index (χ0n) is 25.6. The molecule has 2 aromatic heterocycles. The summed E-state index contributed by atoms with van der Waals surface area (Å²) in [5.74, 6) is 1.83. The number of hydrogen-bond acceptors (Lipinski definition) is 8. The molecule has 0 bridgehead atoms. The molecule has 2 N–H and O–H groups in total. The molecule has 0 aliphatic carbocycles. The van der Waals surface area contributed by atoms with Gasteiger partial charge in [0.05, 0.1) is 23.5 Å². The molecule has 0 radical (unpaired) electrons. The highest BCUT2D eigenvalue weighted by Gasteiger charge is 2.26. The SMILES string of the molecule is COc1cc2c(cc1Nc1ncc(Br)c(Nc3ccccc3P(C)C)n1)-c1cnn(C)c1CCN2CCN1CCC(F)CC1. The number of likely N-dealkylation sites (tertiary alicyclic amines) is 1. The summed E-state index contributed by atoms with van der Waals surface area (Å²) in [6.07, 6.45) is 5.16. The van der Waals surface area contributed by atoms with Gasteiger partial charge >= 0.3 is 0 Å². The average molecular weight is 682 g/mol. The third-order valence-corrected chi connectivity index (χ3v) is 10.4. The lowest BCUT2D eigenvalue weighted by atomic mass is 10.0. The van der Waals surface area contributed by atoms with Gasteiger partial charge in [-0.2, -0.15) is 10.1 Å². The zero-order chi connectivity index (χ0) is 30.8. The van der Waals surface area contributed by atoms with Crippen LogP contribution in [0.1, 0.15) is 18.5 Å². The van der Waals surface area contributed by atoms with Crippen molar-refractivity contribution in [3.8, 4) is 16.9 Å². The van der Waals surface area contributed by atoms with Crippen molar-refractivity contribution in [3.63, 3.8) is 0 Å². The second-order valence-corrected chi connectivity index (χ2v) is 14.6. The molecule has 0 amide bonds. The second kappa shape index (κ2) is 13.4. The quantitative estimate of drug-likeness (QED) is 0.200. The first-order valence-electron chi connectivity index (χ1n) is 15.0. The molecule has 0 unspecified atom stereocenters. The molecule has 0 spiro atoms. The summed E-state index contributed by atoms with van der Waals surface area (Å²) in [6, 6.07) is 12.6. The molecule has 0 atom stereocenters. The van der Waals surface area contributed by atoms with Gasteiger partial charge in [-0.05, 0) is 59.5 Å². The molecular formula is C32H39BrFN8OP. The number of nitrogens with one attached hydrogen (secondary N) is 2. The summed E-state index contributed by atoms with van der Waals surface area (Å²) in [4.78, 5) is 14.2. The highest BCUT2D eigenvalue weighted by Crippen LogP contribution is 2.43. The van der Waals surface area contributed by atoms with E-state index in [9.17, 15) is 4.39 Å². The summed E-state index contributed by atoms with van der Waals surface area (Å²) in [6.45, 7) is 8.72. The van der Waals surface area contributed by atoms with Gasteiger partial charge in [-0.15, -0.1) is 0 Å². The fraction of sp³-hybridized carbons (Fsp3) is 0.406. The largest absolute Gasteiger partial charge is 0.494 e. The summed E-state index contributed by atoms with van der Waals surface area (Å²) < 4.78 is 22.4.